The summed E-state index contributed by atoms with van der Waals surface area (Å²) < 4.78 is 19.2. The molecule has 3 aliphatic rings. The maximum Gasteiger partial charge on any atom is 0.342 e. The predicted octanol–water partition coefficient (Wildman–Crippen LogP) is 5.49. The number of carbonyl (C=O) groups excluding carboxylic acids is 3. The number of nitrogens with zero attached hydrogens (tertiary/aromatic N) is 1. The first-order chi connectivity index (χ1) is 19.9. The smallest absolute Gasteiger partial charge is 0.342 e. The molecule has 0 amide bonds. The van der Waals surface area contributed by atoms with Crippen molar-refractivity contribution in [1.82, 2.24) is 4.57 Å². The third-order valence-corrected chi connectivity index (χ3v) is 8.37. The molecule has 1 aromatic heterocycles. The number of allylic oxidation sites excluding steroid dienone is 1. The van der Waals surface area contributed by atoms with Crippen molar-refractivity contribution in [1.29, 1.82) is 0 Å². The Balaban J connectivity index is 1.53. The van der Waals surface area contributed by atoms with Crippen molar-refractivity contribution in [3.05, 3.63) is 74.6 Å². The van der Waals surface area contributed by atoms with Crippen LogP contribution in [0.3, 0.4) is 0 Å². The van der Waals surface area contributed by atoms with Gasteiger partial charge in [-0.2, -0.15) is 0 Å². The van der Waals surface area contributed by atoms with Crippen LogP contribution in [-0.4, -0.2) is 35.5 Å². The summed E-state index contributed by atoms with van der Waals surface area (Å²) in [5.74, 6) is -0.965. The number of fused-ring (bicyclic) bond motifs is 2. The first kappa shape index (κ1) is 27.0. The van der Waals surface area contributed by atoms with Gasteiger partial charge in [-0.15, -0.1) is 0 Å². The number of benzene rings is 2. The van der Waals surface area contributed by atoms with E-state index in [0.29, 0.717) is 61.8 Å². The van der Waals surface area contributed by atoms with Crippen LogP contribution in [-0.2, 0) is 27.3 Å². The first-order valence-electron chi connectivity index (χ1n) is 14.4. The highest BCUT2D eigenvalue weighted by molar-refractivity contribution is 5.99. The molecule has 0 aliphatic carbocycles. The molecule has 0 spiro atoms. The van der Waals surface area contributed by atoms with Crippen molar-refractivity contribution >= 4 is 34.7 Å². The molecule has 0 saturated carbocycles. The molecule has 2 atom stereocenters. The molecule has 8 nitrogen and oxygen atoms in total. The van der Waals surface area contributed by atoms with E-state index in [1.807, 2.05) is 37.3 Å². The van der Waals surface area contributed by atoms with Crippen LogP contribution in [0.4, 0.5) is 0 Å². The number of ether oxygens (including phenoxy) is 3. The molecule has 8 heteroatoms. The maximum absolute atomic E-state index is 13.8. The topological polar surface area (TPSA) is 101 Å². The summed E-state index contributed by atoms with van der Waals surface area (Å²) in [5.41, 5.74) is 3.60. The summed E-state index contributed by atoms with van der Waals surface area (Å²) in [6.45, 7) is 2.39. The summed E-state index contributed by atoms with van der Waals surface area (Å²) in [4.78, 5) is 52.6. The number of aryl methyl sites for hydroxylation is 2. The number of carbonyl (C=O) groups is 3. The lowest BCUT2D eigenvalue weighted by molar-refractivity contribution is -0.135. The number of rotatable bonds is 2. The van der Waals surface area contributed by atoms with E-state index in [1.54, 1.807) is 16.7 Å². The molecule has 0 bridgehead atoms. The molecule has 6 rings (SSSR count). The number of esters is 2. The van der Waals surface area contributed by atoms with Gasteiger partial charge in [0.15, 0.2) is 0 Å². The largest absolute Gasteiger partial charge is 0.495 e. The van der Waals surface area contributed by atoms with E-state index in [2.05, 4.69) is 0 Å². The van der Waals surface area contributed by atoms with Crippen LogP contribution >= 0.6 is 0 Å². The van der Waals surface area contributed by atoms with Crippen LogP contribution in [0.25, 0.3) is 17.0 Å². The fourth-order valence-corrected chi connectivity index (χ4v) is 6.42. The van der Waals surface area contributed by atoms with Gasteiger partial charge in [0.05, 0.1) is 25.2 Å². The van der Waals surface area contributed by atoms with E-state index >= 15 is 0 Å². The third kappa shape index (κ3) is 4.96. The Labute approximate surface area is 237 Å². The number of pyridine rings is 1. The number of hydrogen-bond donors (Lipinski definition) is 0. The fourth-order valence-electron chi connectivity index (χ4n) is 6.42. The van der Waals surface area contributed by atoms with Crippen LogP contribution in [0.5, 0.6) is 11.5 Å². The standard InChI is InChI=1S/C33H33NO7/c1-19-8-6-13-23(35)12-5-3-4-9-21-17-26-29(31(39-2)28(21)33(38)40-19)24(18-27(36)41-26)25-16-22-11-7-10-20-14-15-34(30(20)22)32(25)37/h4,7,9-11,16-17,19,24H,3,5-6,8,12-15,18H2,1-2H3/b9-4+/t19-,24?/m0/s1. The quantitative estimate of drug-likeness (QED) is 0.305. The van der Waals surface area contributed by atoms with Gasteiger partial charge in [-0.1, -0.05) is 30.4 Å². The number of aromatic nitrogens is 1. The Morgan fingerprint density at radius 3 is 2.68 bits per heavy atom. The molecule has 212 valence electrons. The highest BCUT2D eigenvalue weighted by Crippen LogP contribution is 2.47. The number of ketones is 1. The van der Waals surface area contributed by atoms with Gasteiger partial charge >= 0.3 is 11.9 Å². The molecule has 0 radical (unpaired) electrons. The summed E-state index contributed by atoms with van der Waals surface area (Å²) in [6.07, 6.45) is 7.53. The van der Waals surface area contributed by atoms with Gasteiger partial charge in [0.1, 0.15) is 22.8 Å². The van der Waals surface area contributed by atoms with Crippen molar-refractivity contribution in [3.63, 3.8) is 0 Å². The van der Waals surface area contributed by atoms with E-state index in [0.717, 1.165) is 22.9 Å². The molecular formula is C33H33NO7. The predicted molar refractivity (Wildman–Crippen MR) is 154 cm³/mol. The second kappa shape index (κ2) is 11.0. The molecule has 41 heavy (non-hydrogen) atoms. The Hall–Kier alpha value is -4.20. The van der Waals surface area contributed by atoms with Gasteiger partial charge in [0.25, 0.3) is 5.56 Å². The summed E-state index contributed by atoms with van der Waals surface area (Å²) in [7, 11) is 1.47. The molecule has 4 heterocycles. The van der Waals surface area contributed by atoms with Gasteiger partial charge in [-0.25, -0.2) is 4.79 Å². The second-order valence-corrected chi connectivity index (χ2v) is 11.1. The highest BCUT2D eigenvalue weighted by Gasteiger charge is 2.38. The lowest BCUT2D eigenvalue weighted by Gasteiger charge is -2.29. The SMILES string of the molecule is COc1c2c(cc3c1C(c1cc4cccc5c4n(c1=O)CC5)CC(=O)O3)/C=C/CCCC(=O)CCC[C@H](C)OC2=O. The average molecular weight is 556 g/mol. The molecule has 0 N–H and O–H groups in total. The maximum atomic E-state index is 13.8. The molecule has 0 saturated heterocycles. The average Bonchev–Trinajstić information content (AvgIpc) is 3.38. The van der Waals surface area contributed by atoms with Crippen LogP contribution in [0.1, 0.15) is 90.4 Å². The zero-order valence-electron chi connectivity index (χ0n) is 23.4. The van der Waals surface area contributed by atoms with Crippen LogP contribution in [0, 0.1) is 0 Å². The molecule has 1 unspecified atom stereocenters. The van der Waals surface area contributed by atoms with Crippen LogP contribution in [0.2, 0.25) is 0 Å². The first-order valence-corrected chi connectivity index (χ1v) is 14.4. The minimum atomic E-state index is -0.662. The van der Waals surface area contributed by atoms with Crippen molar-refractivity contribution in [2.45, 2.75) is 76.9 Å². The fraction of sp³-hybridized carbons (Fsp3) is 0.394. The Kier molecular flexibility index (Phi) is 7.24. The van der Waals surface area contributed by atoms with Gasteiger partial charge in [-0.05, 0) is 67.7 Å². The monoisotopic (exact) mass is 555 g/mol. The molecule has 2 aromatic carbocycles. The summed E-state index contributed by atoms with van der Waals surface area (Å²) in [5, 5.41) is 0.932. The van der Waals surface area contributed by atoms with E-state index in [-0.39, 0.29) is 34.8 Å². The van der Waals surface area contributed by atoms with Crippen molar-refractivity contribution in [2.24, 2.45) is 0 Å². The second-order valence-electron chi connectivity index (χ2n) is 11.1. The lowest BCUT2D eigenvalue weighted by Crippen LogP contribution is -2.30. The third-order valence-electron chi connectivity index (χ3n) is 8.37. The van der Waals surface area contributed by atoms with E-state index < -0.39 is 24.0 Å². The number of methoxy groups -OCH3 is 1. The Morgan fingerprint density at radius 2 is 1.85 bits per heavy atom. The molecule has 3 aliphatic heterocycles. The summed E-state index contributed by atoms with van der Waals surface area (Å²) in [6, 6.07) is 9.52. The highest BCUT2D eigenvalue weighted by atomic mass is 16.5. The molecule has 0 fully saturated rings. The molecular weight excluding hydrogens is 522 g/mol. The number of cyclic esters (lactones) is 1. The normalized spacial score (nSPS) is 21.9. The number of para-hydroxylation sites is 1. The van der Waals surface area contributed by atoms with E-state index in [1.165, 1.54) is 7.11 Å². The number of Topliss-reactive ketones (excluding diaryl/α,β-unsaturated/α-hetero) is 1. The van der Waals surface area contributed by atoms with Crippen LogP contribution < -0.4 is 15.0 Å². The Morgan fingerprint density at radius 1 is 1.02 bits per heavy atom. The summed E-state index contributed by atoms with van der Waals surface area (Å²) >= 11 is 0. The van der Waals surface area contributed by atoms with Crippen molar-refractivity contribution < 1.29 is 28.6 Å². The minimum Gasteiger partial charge on any atom is -0.495 e. The van der Waals surface area contributed by atoms with Gasteiger partial charge in [-0.3, -0.25) is 14.4 Å². The number of hydrogen-bond acceptors (Lipinski definition) is 7. The van der Waals surface area contributed by atoms with Gasteiger partial charge < -0.3 is 18.8 Å². The molecule has 3 aromatic rings. The van der Waals surface area contributed by atoms with Gasteiger partial charge in [0.2, 0.25) is 0 Å². The Bertz CT molecular complexity index is 1660. The zero-order chi connectivity index (χ0) is 28.7. The zero-order valence-corrected chi connectivity index (χ0v) is 23.4. The van der Waals surface area contributed by atoms with Crippen molar-refractivity contribution in [2.75, 3.05) is 7.11 Å². The minimum absolute atomic E-state index is 0.0576. The van der Waals surface area contributed by atoms with Crippen molar-refractivity contribution in [3.8, 4) is 11.5 Å². The van der Waals surface area contributed by atoms with Crippen LogP contribution in [0.15, 0.2) is 41.2 Å². The van der Waals surface area contributed by atoms with Gasteiger partial charge in [0, 0.05) is 36.4 Å². The van der Waals surface area contributed by atoms with E-state index in [4.69, 9.17) is 14.2 Å². The lowest BCUT2D eigenvalue weighted by atomic mass is 9.83. The van der Waals surface area contributed by atoms with E-state index in [9.17, 15) is 19.2 Å².